The maximum Gasteiger partial charge on any atom is 0.426 e. The summed E-state index contributed by atoms with van der Waals surface area (Å²) in [6.45, 7) is 3.41. The number of halogens is 4. The molecule has 0 aromatic rings. The predicted molar refractivity (Wildman–Crippen MR) is 52.8 cm³/mol. The molecule has 0 saturated heterocycles. The molecule has 0 radical (unpaired) electrons. The van der Waals surface area contributed by atoms with Crippen LogP contribution in [0.3, 0.4) is 0 Å². The van der Waals surface area contributed by atoms with Gasteiger partial charge in [0.05, 0.1) is 13.0 Å². The van der Waals surface area contributed by atoms with Crippen molar-refractivity contribution >= 4 is 17.6 Å². The van der Waals surface area contributed by atoms with E-state index in [0.717, 1.165) is 6.08 Å². The third-order valence-electron chi connectivity index (χ3n) is 2.96. The van der Waals surface area contributed by atoms with Crippen LogP contribution in [-0.4, -0.2) is 19.3 Å². The second kappa shape index (κ2) is 3.95. The van der Waals surface area contributed by atoms with E-state index in [1.165, 1.54) is 7.11 Å². The second-order valence-electron chi connectivity index (χ2n) is 4.36. The molecule has 2 nitrogen and oxygen atoms in total. The molecule has 1 aliphatic carbocycles. The SMILES string of the molecule is COC(=O)[C@H]1[C@@H](/C=C(\Cl)C(F)(F)F)C1(C)C. The first-order valence-corrected chi connectivity index (χ1v) is 5.02. The number of carbonyl (C=O) groups excluding carboxylic acids is 1. The van der Waals surface area contributed by atoms with Crippen molar-refractivity contribution < 1.29 is 22.7 Å². The first-order valence-electron chi connectivity index (χ1n) is 4.64. The van der Waals surface area contributed by atoms with Crippen LogP contribution < -0.4 is 0 Å². The summed E-state index contributed by atoms with van der Waals surface area (Å²) in [5.41, 5.74) is -0.529. The van der Waals surface area contributed by atoms with Gasteiger partial charge in [0.2, 0.25) is 0 Å². The van der Waals surface area contributed by atoms with Crippen molar-refractivity contribution in [3.63, 3.8) is 0 Å². The fraction of sp³-hybridized carbons (Fsp3) is 0.700. The third kappa shape index (κ3) is 2.34. The molecule has 2 atom stereocenters. The summed E-state index contributed by atoms with van der Waals surface area (Å²) in [7, 11) is 1.21. The van der Waals surface area contributed by atoms with E-state index in [0.29, 0.717) is 0 Å². The van der Waals surface area contributed by atoms with Gasteiger partial charge in [-0.15, -0.1) is 0 Å². The standard InChI is InChI=1S/C10H12ClF3O2/c1-9(2)5(7(9)8(15)16-3)4-6(11)10(12,13)14/h4-5,7H,1-3H3/b6-4-/t5-,7-/m1/s1. The normalized spacial score (nSPS) is 28.8. The third-order valence-corrected chi connectivity index (χ3v) is 3.30. The first kappa shape index (κ1) is 13.4. The number of ether oxygens (including phenoxy) is 1. The van der Waals surface area contributed by atoms with Crippen LogP contribution in [0.15, 0.2) is 11.1 Å². The number of methoxy groups -OCH3 is 1. The van der Waals surface area contributed by atoms with E-state index in [2.05, 4.69) is 4.74 Å². The highest BCUT2D eigenvalue weighted by Gasteiger charge is 2.62. The molecule has 1 fully saturated rings. The molecule has 1 saturated carbocycles. The Bertz CT molecular complexity index is 333. The van der Waals surface area contributed by atoms with E-state index < -0.39 is 34.4 Å². The average molecular weight is 257 g/mol. The van der Waals surface area contributed by atoms with Crippen LogP contribution in [0.1, 0.15) is 13.8 Å². The molecule has 0 bridgehead atoms. The molecule has 16 heavy (non-hydrogen) atoms. The summed E-state index contributed by atoms with van der Waals surface area (Å²) in [6.07, 6.45) is -3.66. The van der Waals surface area contributed by atoms with Gasteiger partial charge in [0.1, 0.15) is 5.03 Å². The summed E-state index contributed by atoms with van der Waals surface area (Å²) in [6, 6.07) is 0. The molecule has 6 heteroatoms. The van der Waals surface area contributed by atoms with Crippen LogP contribution in [0, 0.1) is 17.3 Å². The highest BCUT2D eigenvalue weighted by Crippen LogP contribution is 2.60. The van der Waals surface area contributed by atoms with E-state index in [1.807, 2.05) is 0 Å². The topological polar surface area (TPSA) is 26.3 Å². The second-order valence-corrected chi connectivity index (χ2v) is 4.77. The minimum absolute atomic E-state index is 0.502. The van der Waals surface area contributed by atoms with Gasteiger partial charge in [-0.05, 0) is 11.3 Å². The monoisotopic (exact) mass is 256 g/mol. The lowest BCUT2D eigenvalue weighted by molar-refractivity contribution is -0.143. The van der Waals surface area contributed by atoms with Crippen molar-refractivity contribution in [2.45, 2.75) is 20.0 Å². The maximum atomic E-state index is 12.2. The first-order chi connectivity index (χ1) is 7.12. The number of alkyl halides is 3. The Morgan fingerprint density at radius 3 is 2.31 bits per heavy atom. The van der Waals surface area contributed by atoms with Crippen molar-refractivity contribution in [3.8, 4) is 0 Å². The molecule has 0 heterocycles. The lowest BCUT2D eigenvalue weighted by Crippen LogP contribution is -2.08. The van der Waals surface area contributed by atoms with Crippen molar-refractivity contribution in [1.82, 2.24) is 0 Å². The summed E-state index contributed by atoms with van der Waals surface area (Å²) >= 11 is 5.12. The number of rotatable bonds is 2. The molecule has 0 spiro atoms. The van der Waals surface area contributed by atoms with Gasteiger partial charge in [-0.2, -0.15) is 13.2 Å². The van der Waals surface area contributed by atoms with Gasteiger partial charge in [-0.1, -0.05) is 31.5 Å². The Morgan fingerprint density at radius 1 is 1.44 bits per heavy atom. The molecule has 1 aliphatic rings. The molecule has 0 unspecified atom stereocenters. The van der Waals surface area contributed by atoms with Gasteiger partial charge in [0, 0.05) is 0 Å². The highest BCUT2D eigenvalue weighted by molar-refractivity contribution is 6.30. The summed E-state index contributed by atoms with van der Waals surface area (Å²) in [4.78, 5) is 11.3. The van der Waals surface area contributed by atoms with Crippen LogP contribution >= 0.6 is 11.6 Å². The van der Waals surface area contributed by atoms with Crippen molar-refractivity contribution in [3.05, 3.63) is 11.1 Å². The molecular weight excluding hydrogens is 245 g/mol. The van der Waals surface area contributed by atoms with Gasteiger partial charge < -0.3 is 4.74 Å². The van der Waals surface area contributed by atoms with Crippen LogP contribution in [0.2, 0.25) is 0 Å². The zero-order chi connectivity index (χ0) is 12.7. The predicted octanol–water partition coefficient (Wildman–Crippen LogP) is 3.12. The van der Waals surface area contributed by atoms with Crippen LogP contribution in [0.4, 0.5) is 13.2 Å². The number of hydrogen-bond donors (Lipinski definition) is 0. The smallest absolute Gasteiger partial charge is 0.426 e. The molecule has 0 N–H and O–H groups in total. The van der Waals surface area contributed by atoms with E-state index in [4.69, 9.17) is 11.6 Å². The van der Waals surface area contributed by atoms with Crippen LogP contribution in [-0.2, 0) is 9.53 Å². The van der Waals surface area contributed by atoms with Crippen molar-refractivity contribution in [2.24, 2.45) is 17.3 Å². The summed E-state index contributed by atoms with van der Waals surface area (Å²) in [5.74, 6) is -1.57. The summed E-state index contributed by atoms with van der Waals surface area (Å²) in [5, 5.41) is -1.18. The van der Waals surface area contributed by atoms with Crippen LogP contribution in [0.5, 0.6) is 0 Å². The fourth-order valence-corrected chi connectivity index (χ4v) is 1.95. The van der Waals surface area contributed by atoms with Gasteiger partial charge in [-0.3, -0.25) is 4.79 Å². The zero-order valence-corrected chi connectivity index (χ0v) is 9.82. The van der Waals surface area contributed by atoms with E-state index in [9.17, 15) is 18.0 Å². The van der Waals surface area contributed by atoms with Crippen molar-refractivity contribution in [1.29, 1.82) is 0 Å². The summed E-state index contributed by atoms with van der Waals surface area (Å²) < 4.78 is 41.1. The largest absolute Gasteiger partial charge is 0.469 e. The number of hydrogen-bond acceptors (Lipinski definition) is 2. The molecule has 1 rings (SSSR count). The van der Waals surface area contributed by atoms with Gasteiger partial charge in [-0.25, -0.2) is 0 Å². The Hall–Kier alpha value is -0.710. The molecule has 92 valence electrons. The maximum absolute atomic E-state index is 12.2. The fourth-order valence-electron chi connectivity index (χ4n) is 1.82. The molecule has 0 amide bonds. The highest BCUT2D eigenvalue weighted by atomic mass is 35.5. The molecule has 0 aromatic carbocycles. The van der Waals surface area contributed by atoms with Crippen molar-refractivity contribution in [2.75, 3.05) is 7.11 Å². The number of esters is 1. The number of carbonyl (C=O) groups is 1. The minimum atomic E-state index is -4.55. The Kier molecular flexibility index (Phi) is 3.29. The Morgan fingerprint density at radius 2 is 1.94 bits per heavy atom. The van der Waals surface area contributed by atoms with Gasteiger partial charge in [0.25, 0.3) is 0 Å². The molecule has 0 aromatic heterocycles. The Balaban J connectivity index is 2.83. The van der Waals surface area contributed by atoms with E-state index >= 15 is 0 Å². The van der Waals surface area contributed by atoms with E-state index in [-0.39, 0.29) is 0 Å². The zero-order valence-electron chi connectivity index (χ0n) is 9.06. The van der Waals surface area contributed by atoms with Crippen LogP contribution in [0.25, 0.3) is 0 Å². The molecule has 0 aliphatic heterocycles. The number of allylic oxidation sites excluding steroid dienone is 2. The molecular formula is C10H12ClF3O2. The van der Waals surface area contributed by atoms with E-state index in [1.54, 1.807) is 13.8 Å². The van der Waals surface area contributed by atoms with Gasteiger partial charge in [0.15, 0.2) is 0 Å². The van der Waals surface area contributed by atoms with Gasteiger partial charge >= 0.3 is 12.1 Å². The quantitative estimate of drug-likeness (QED) is 0.710. The average Bonchev–Trinajstić information content (AvgIpc) is 2.65. The minimum Gasteiger partial charge on any atom is -0.469 e. The lowest BCUT2D eigenvalue weighted by Gasteiger charge is -2.04. The lowest BCUT2D eigenvalue weighted by atomic mass is 10.1. The Labute approximate surface area is 96.4 Å².